The highest BCUT2D eigenvalue weighted by atomic mass is 16.2. The maximum atomic E-state index is 14.5. The summed E-state index contributed by atoms with van der Waals surface area (Å²) in [6.07, 6.45) is 4.42. The van der Waals surface area contributed by atoms with Gasteiger partial charge in [0.15, 0.2) is 0 Å². The van der Waals surface area contributed by atoms with Crippen LogP contribution in [-0.2, 0) is 0 Å². The van der Waals surface area contributed by atoms with E-state index in [1.54, 1.807) is 48.5 Å². The van der Waals surface area contributed by atoms with Gasteiger partial charge in [-0.25, -0.2) is 0 Å². The number of hydrogen-bond acceptors (Lipinski definition) is 8. The molecule has 0 aromatic heterocycles. The molecule has 2 aliphatic carbocycles. The molecule has 4 aromatic rings. The maximum absolute atomic E-state index is 14.5. The van der Waals surface area contributed by atoms with Crippen molar-refractivity contribution in [1.82, 2.24) is 19.6 Å². The molecule has 4 aliphatic heterocycles. The number of imide groups is 4. The first-order valence-electron chi connectivity index (χ1n) is 18.5. The fourth-order valence-electron chi connectivity index (χ4n) is 9.92. The minimum Gasteiger partial charge on any atom is -0.269 e. The lowest BCUT2D eigenvalue weighted by Crippen LogP contribution is -2.59. The molecule has 12 nitrogen and oxygen atoms in total. The molecule has 4 atom stereocenters. The predicted octanol–water partition coefficient (Wildman–Crippen LogP) is 5.25. The topological polar surface area (TPSA) is 150 Å². The van der Waals surface area contributed by atoms with Crippen LogP contribution in [0, 0.1) is 0 Å². The van der Waals surface area contributed by atoms with Crippen LogP contribution in [-0.4, -0.2) is 91.0 Å². The molecule has 6 aliphatic rings. The largest absolute Gasteiger partial charge is 0.269 e. The SMILES string of the molecule is O=C1c2ccccc2C(=O)N1[C@@H]1CCCC[C@H]1N1C(=O)c2ccc3c4c(ccc(c24)C1=O)C(=O)N([C@@H]1CCCC[C@H]1N1C(=O)c2ccccc2C1=O)C3=O. The number of fused-ring (bicyclic) bond motifs is 2. The van der Waals surface area contributed by atoms with Crippen LogP contribution in [0.15, 0.2) is 72.8 Å². The average molecular weight is 721 g/mol. The third-order valence-electron chi connectivity index (χ3n) is 12.3. The van der Waals surface area contributed by atoms with Crippen LogP contribution in [0.4, 0.5) is 0 Å². The van der Waals surface area contributed by atoms with E-state index in [-0.39, 0.29) is 33.0 Å². The highest BCUT2D eigenvalue weighted by Crippen LogP contribution is 2.43. The Bertz CT molecular complexity index is 2180. The molecule has 0 radical (unpaired) electrons. The molecular weight excluding hydrogens is 688 g/mol. The molecule has 12 heteroatoms. The van der Waals surface area contributed by atoms with Crippen molar-refractivity contribution in [3.8, 4) is 0 Å². The summed E-state index contributed by atoms with van der Waals surface area (Å²) >= 11 is 0. The molecule has 0 unspecified atom stereocenters. The fourth-order valence-corrected chi connectivity index (χ4v) is 9.92. The standard InChI is InChI=1S/C42H32N4O8/c47-35-21-9-1-2-10-22(21)36(48)43(35)29-13-5-7-15-31(29)45-39(51)25-17-19-27-34-28(20-18-26(33(25)34)40(45)52)42(54)46(41(27)53)32-16-8-6-14-30(32)44-37(49)23-11-3-4-12-24(23)38(44)50/h1-4,9-12,17-20,29-32H,5-8,13-16H2/t29-,30-,31-,32-/m1/s1. The number of carbonyl (C=O) groups is 8. The van der Waals surface area contributed by atoms with E-state index < -0.39 is 71.4 Å². The molecule has 8 amide bonds. The zero-order chi connectivity index (χ0) is 37.2. The normalized spacial score (nSPS) is 25.0. The van der Waals surface area contributed by atoms with Crippen LogP contribution in [0.2, 0.25) is 0 Å². The predicted molar refractivity (Wildman–Crippen MR) is 191 cm³/mol. The molecule has 10 rings (SSSR count). The van der Waals surface area contributed by atoms with Crippen molar-refractivity contribution in [2.45, 2.75) is 75.5 Å². The third kappa shape index (κ3) is 4.19. The van der Waals surface area contributed by atoms with Gasteiger partial charge in [-0.15, -0.1) is 0 Å². The van der Waals surface area contributed by atoms with Crippen LogP contribution in [0.25, 0.3) is 10.8 Å². The highest BCUT2D eigenvalue weighted by molar-refractivity contribution is 6.33. The minimum absolute atomic E-state index is 0.146. The summed E-state index contributed by atoms with van der Waals surface area (Å²) in [6, 6.07) is 16.2. The van der Waals surface area contributed by atoms with Gasteiger partial charge < -0.3 is 0 Å². The molecule has 0 N–H and O–H groups in total. The third-order valence-corrected chi connectivity index (χ3v) is 12.3. The summed E-state index contributed by atoms with van der Waals surface area (Å²) < 4.78 is 0. The van der Waals surface area contributed by atoms with Crippen molar-refractivity contribution in [2.75, 3.05) is 0 Å². The van der Waals surface area contributed by atoms with Gasteiger partial charge >= 0.3 is 0 Å². The lowest BCUT2D eigenvalue weighted by molar-refractivity contribution is 0.0261. The van der Waals surface area contributed by atoms with Crippen LogP contribution in [0.3, 0.4) is 0 Å². The van der Waals surface area contributed by atoms with Crippen molar-refractivity contribution in [3.63, 3.8) is 0 Å². The second-order valence-electron chi connectivity index (χ2n) is 14.9. The Kier molecular flexibility index (Phi) is 6.95. The van der Waals surface area contributed by atoms with E-state index in [0.717, 1.165) is 0 Å². The molecule has 0 bridgehead atoms. The van der Waals surface area contributed by atoms with Crippen LogP contribution in [0.1, 0.15) is 134 Å². The van der Waals surface area contributed by atoms with E-state index in [0.29, 0.717) is 73.6 Å². The summed E-state index contributed by atoms with van der Waals surface area (Å²) in [5.74, 6) is -4.28. The summed E-state index contributed by atoms with van der Waals surface area (Å²) in [5, 5.41) is 0.428. The molecule has 0 spiro atoms. The van der Waals surface area contributed by atoms with Gasteiger partial charge in [0.2, 0.25) is 0 Å². The molecule has 54 heavy (non-hydrogen) atoms. The van der Waals surface area contributed by atoms with Gasteiger partial charge in [-0.2, -0.15) is 0 Å². The highest BCUT2D eigenvalue weighted by Gasteiger charge is 2.52. The number of amides is 8. The smallest absolute Gasteiger partial charge is 0.261 e. The fraction of sp³-hybridized carbons (Fsp3) is 0.286. The van der Waals surface area contributed by atoms with E-state index in [9.17, 15) is 38.4 Å². The van der Waals surface area contributed by atoms with Crippen molar-refractivity contribution >= 4 is 58.0 Å². The molecule has 268 valence electrons. The summed E-state index contributed by atoms with van der Waals surface area (Å²) in [7, 11) is 0. The van der Waals surface area contributed by atoms with Gasteiger partial charge in [0.05, 0.1) is 46.4 Å². The zero-order valence-electron chi connectivity index (χ0n) is 28.9. The second-order valence-corrected chi connectivity index (χ2v) is 14.9. The first-order valence-corrected chi connectivity index (χ1v) is 18.5. The van der Waals surface area contributed by atoms with E-state index >= 15 is 0 Å². The minimum atomic E-state index is -0.777. The summed E-state index contributed by atoms with van der Waals surface area (Å²) in [5.41, 5.74) is 1.75. The van der Waals surface area contributed by atoms with Gasteiger partial charge in [0.25, 0.3) is 47.3 Å². The number of rotatable bonds is 4. The van der Waals surface area contributed by atoms with Gasteiger partial charge in [-0.05, 0) is 74.2 Å². The van der Waals surface area contributed by atoms with E-state index in [1.165, 1.54) is 43.9 Å². The van der Waals surface area contributed by atoms with Crippen LogP contribution < -0.4 is 0 Å². The Balaban J connectivity index is 1.01. The quantitative estimate of drug-likeness (QED) is 0.260. The van der Waals surface area contributed by atoms with E-state index in [1.807, 2.05) is 0 Å². The monoisotopic (exact) mass is 720 g/mol. The van der Waals surface area contributed by atoms with Crippen molar-refractivity contribution < 1.29 is 38.4 Å². The van der Waals surface area contributed by atoms with Crippen molar-refractivity contribution in [1.29, 1.82) is 0 Å². The average Bonchev–Trinajstić information content (AvgIpc) is 3.60. The van der Waals surface area contributed by atoms with Crippen molar-refractivity contribution in [2.24, 2.45) is 0 Å². The molecule has 0 saturated heterocycles. The van der Waals surface area contributed by atoms with Crippen LogP contribution in [0.5, 0.6) is 0 Å². The first-order chi connectivity index (χ1) is 26.2. The number of benzene rings is 4. The van der Waals surface area contributed by atoms with Crippen LogP contribution >= 0.6 is 0 Å². The Morgan fingerprint density at radius 2 is 0.500 bits per heavy atom. The van der Waals surface area contributed by atoms with Gasteiger partial charge in [-0.3, -0.25) is 58.0 Å². The maximum Gasteiger partial charge on any atom is 0.261 e. The number of hydrogen-bond donors (Lipinski definition) is 0. The molecule has 4 heterocycles. The van der Waals surface area contributed by atoms with Gasteiger partial charge in [-0.1, -0.05) is 49.9 Å². The van der Waals surface area contributed by atoms with E-state index in [2.05, 4.69) is 0 Å². The molecule has 2 fully saturated rings. The summed E-state index contributed by atoms with van der Waals surface area (Å²) in [4.78, 5) is 117. The van der Waals surface area contributed by atoms with Crippen molar-refractivity contribution in [3.05, 3.63) is 117 Å². The Hall–Kier alpha value is -6.30. The first kappa shape index (κ1) is 32.4. The second kappa shape index (κ2) is 11.6. The Morgan fingerprint density at radius 3 is 0.722 bits per heavy atom. The Morgan fingerprint density at radius 1 is 0.296 bits per heavy atom. The molecular formula is C42H32N4O8. The number of nitrogens with zero attached hydrogens (tertiary/aromatic N) is 4. The lowest BCUT2D eigenvalue weighted by atomic mass is 9.81. The zero-order valence-corrected chi connectivity index (χ0v) is 28.9. The molecule has 4 aromatic carbocycles. The lowest BCUT2D eigenvalue weighted by Gasteiger charge is -2.44. The van der Waals surface area contributed by atoms with E-state index in [4.69, 9.17) is 0 Å². The van der Waals surface area contributed by atoms with Gasteiger partial charge in [0, 0.05) is 33.0 Å². The van der Waals surface area contributed by atoms with Gasteiger partial charge in [0.1, 0.15) is 0 Å². The summed E-state index contributed by atoms with van der Waals surface area (Å²) in [6.45, 7) is 0. The molecule has 2 saturated carbocycles. The Labute approximate surface area is 308 Å². The number of carbonyl (C=O) groups excluding carboxylic acids is 8.